The minimum Gasteiger partial charge on any atom is -0.497 e. The fourth-order valence-electron chi connectivity index (χ4n) is 4.60. The van der Waals surface area contributed by atoms with Crippen molar-refractivity contribution in [2.24, 2.45) is 5.92 Å². The minimum absolute atomic E-state index is 0.187. The van der Waals surface area contributed by atoms with E-state index in [0.29, 0.717) is 21.6 Å². The van der Waals surface area contributed by atoms with Crippen LogP contribution in [0, 0.1) is 5.92 Å². The maximum absolute atomic E-state index is 13.7. The van der Waals surface area contributed by atoms with Gasteiger partial charge in [-0.3, -0.25) is 9.69 Å². The second-order valence-corrected chi connectivity index (χ2v) is 8.95. The van der Waals surface area contributed by atoms with Gasteiger partial charge in [0.2, 0.25) is 5.91 Å². The summed E-state index contributed by atoms with van der Waals surface area (Å²) in [7, 11) is 1.62. The van der Waals surface area contributed by atoms with Gasteiger partial charge in [0.25, 0.3) is 0 Å². The van der Waals surface area contributed by atoms with Gasteiger partial charge in [-0.1, -0.05) is 29.8 Å². The summed E-state index contributed by atoms with van der Waals surface area (Å²) in [5.74, 6) is 0.642. The number of nitrogens with zero attached hydrogens (tertiary/aromatic N) is 1. The van der Waals surface area contributed by atoms with Crippen LogP contribution in [0.3, 0.4) is 0 Å². The number of carbonyl (C=O) groups is 1. The molecule has 2 N–H and O–H groups in total. The first-order valence-corrected chi connectivity index (χ1v) is 11.3. The number of hydrogen-bond acceptors (Lipinski definition) is 4. The first-order chi connectivity index (χ1) is 15.9. The maximum Gasteiger partial charge on any atom is 0.236 e. The molecule has 1 amide bonds. The summed E-state index contributed by atoms with van der Waals surface area (Å²) in [5.41, 5.74) is 1.26. The van der Waals surface area contributed by atoms with Gasteiger partial charge in [0.05, 0.1) is 13.2 Å². The zero-order valence-corrected chi connectivity index (χ0v) is 19.6. The third-order valence-corrected chi connectivity index (χ3v) is 6.68. The summed E-state index contributed by atoms with van der Waals surface area (Å²) in [6, 6.07) is 21.9. The third-order valence-electron chi connectivity index (χ3n) is 6.13. The summed E-state index contributed by atoms with van der Waals surface area (Å²) in [6.07, 6.45) is 0. The van der Waals surface area contributed by atoms with E-state index in [2.05, 4.69) is 10.6 Å². The number of thiocarbonyl (C=S) groups is 1. The molecule has 3 aromatic carbocycles. The minimum atomic E-state index is -1.08. The Balaban J connectivity index is 1.59. The number of amides is 1. The van der Waals surface area contributed by atoms with Crippen LogP contribution in [-0.2, 0) is 4.79 Å². The molecule has 3 aromatic rings. The molecule has 0 aromatic heterocycles. The van der Waals surface area contributed by atoms with E-state index in [0.717, 1.165) is 17.0 Å². The molecule has 0 unspecified atom stereocenters. The highest BCUT2D eigenvalue weighted by Crippen LogP contribution is 2.49. The van der Waals surface area contributed by atoms with Gasteiger partial charge >= 0.3 is 0 Å². The number of para-hydroxylation sites is 1. The molecule has 33 heavy (non-hydrogen) atoms. The number of rotatable bonds is 4. The Kier molecular flexibility index (Phi) is 5.38. The van der Waals surface area contributed by atoms with Crippen molar-refractivity contribution in [3.05, 3.63) is 83.4 Å². The van der Waals surface area contributed by atoms with E-state index in [1.54, 1.807) is 31.4 Å². The van der Waals surface area contributed by atoms with Crippen molar-refractivity contribution >= 4 is 46.2 Å². The lowest BCUT2D eigenvalue weighted by atomic mass is 9.78. The van der Waals surface area contributed by atoms with Gasteiger partial charge in [-0.15, -0.1) is 0 Å². The van der Waals surface area contributed by atoms with E-state index in [-0.39, 0.29) is 11.9 Å². The summed E-state index contributed by atoms with van der Waals surface area (Å²) in [6.45, 7) is 1.90. The molecule has 0 radical (unpaired) electrons. The zero-order valence-electron chi connectivity index (χ0n) is 18.0. The molecular formula is C25H22ClN3O3S. The molecule has 5 rings (SSSR count). The monoisotopic (exact) mass is 479 g/mol. The van der Waals surface area contributed by atoms with Crippen LogP contribution >= 0.6 is 23.8 Å². The number of benzene rings is 3. The zero-order chi connectivity index (χ0) is 23.2. The largest absolute Gasteiger partial charge is 0.497 e. The van der Waals surface area contributed by atoms with Crippen LogP contribution in [0.2, 0.25) is 5.02 Å². The standard InChI is InChI=1S/C25H22ClN3O3S/c1-25-21(23(30)27-16-9-7-15(26)8-10-16)22(19-5-3-4-6-20(19)32-25)28-24(33)29(25)17-11-13-18(31-2)14-12-17/h3-14,21-22H,1-2H3,(H,27,30)(H,28,33)/t21-,22-,25+/m0/s1. The van der Waals surface area contributed by atoms with E-state index in [1.807, 2.05) is 60.4 Å². The molecule has 3 atom stereocenters. The molecule has 2 bridgehead atoms. The topological polar surface area (TPSA) is 62.8 Å². The molecule has 2 aliphatic rings. The number of ether oxygens (including phenoxy) is 2. The van der Waals surface area contributed by atoms with Gasteiger partial charge < -0.3 is 20.1 Å². The van der Waals surface area contributed by atoms with Gasteiger partial charge in [-0.2, -0.15) is 0 Å². The number of hydrogen-bond donors (Lipinski definition) is 2. The van der Waals surface area contributed by atoms with E-state index in [1.165, 1.54) is 0 Å². The van der Waals surface area contributed by atoms with Gasteiger partial charge in [-0.25, -0.2) is 0 Å². The summed E-state index contributed by atoms with van der Waals surface area (Å²) in [4.78, 5) is 15.6. The smallest absolute Gasteiger partial charge is 0.236 e. The predicted octanol–water partition coefficient (Wildman–Crippen LogP) is 5.15. The molecular weight excluding hydrogens is 458 g/mol. The van der Waals surface area contributed by atoms with Crippen LogP contribution in [0.1, 0.15) is 18.5 Å². The van der Waals surface area contributed by atoms with Crippen LogP contribution in [0.4, 0.5) is 11.4 Å². The molecule has 168 valence electrons. The Morgan fingerprint density at radius 1 is 1.12 bits per heavy atom. The van der Waals surface area contributed by atoms with Crippen molar-refractivity contribution in [1.29, 1.82) is 0 Å². The first kappa shape index (κ1) is 21.6. The molecule has 6 nitrogen and oxygen atoms in total. The number of nitrogens with one attached hydrogen (secondary N) is 2. The highest BCUT2D eigenvalue weighted by Gasteiger charge is 2.59. The Morgan fingerprint density at radius 2 is 1.82 bits per heavy atom. The fraction of sp³-hybridized carbons (Fsp3) is 0.200. The third kappa shape index (κ3) is 3.67. The van der Waals surface area contributed by atoms with Crippen LogP contribution in [0.25, 0.3) is 0 Å². The van der Waals surface area contributed by atoms with Gasteiger partial charge in [0, 0.05) is 22.0 Å². The fourth-order valence-corrected chi connectivity index (χ4v) is 5.14. The normalized spacial score (nSPS) is 23.1. The molecule has 0 spiro atoms. The number of methoxy groups -OCH3 is 1. The van der Waals surface area contributed by atoms with Crippen molar-refractivity contribution < 1.29 is 14.3 Å². The molecule has 2 aliphatic heterocycles. The Morgan fingerprint density at radius 3 is 2.52 bits per heavy atom. The average molecular weight is 480 g/mol. The summed E-state index contributed by atoms with van der Waals surface area (Å²) >= 11 is 11.8. The highest BCUT2D eigenvalue weighted by atomic mass is 35.5. The van der Waals surface area contributed by atoms with E-state index >= 15 is 0 Å². The van der Waals surface area contributed by atoms with Crippen LogP contribution in [-0.4, -0.2) is 23.9 Å². The second kappa shape index (κ2) is 8.24. The lowest BCUT2D eigenvalue weighted by molar-refractivity contribution is -0.130. The van der Waals surface area contributed by atoms with Crippen molar-refractivity contribution in [2.75, 3.05) is 17.3 Å². The molecule has 0 aliphatic carbocycles. The van der Waals surface area contributed by atoms with Gasteiger partial charge in [0.1, 0.15) is 17.4 Å². The summed E-state index contributed by atoms with van der Waals surface area (Å²) < 4.78 is 11.9. The number of halogens is 1. The number of carbonyl (C=O) groups excluding carboxylic acids is 1. The highest BCUT2D eigenvalue weighted by molar-refractivity contribution is 7.80. The Labute approximate surface area is 202 Å². The van der Waals surface area contributed by atoms with Crippen molar-refractivity contribution in [2.45, 2.75) is 18.7 Å². The van der Waals surface area contributed by atoms with E-state index < -0.39 is 11.6 Å². The predicted molar refractivity (Wildman–Crippen MR) is 133 cm³/mol. The van der Waals surface area contributed by atoms with Crippen molar-refractivity contribution in [3.8, 4) is 11.5 Å². The molecule has 1 fully saturated rings. The average Bonchev–Trinajstić information content (AvgIpc) is 2.80. The molecule has 2 heterocycles. The van der Waals surface area contributed by atoms with Crippen LogP contribution in [0.5, 0.6) is 11.5 Å². The number of anilines is 2. The van der Waals surface area contributed by atoms with Crippen LogP contribution < -0.4 is 25.0 Å². The van der Waals surface area contributed by atoms with Gasteiger partial charge in [-0.05, 0) is 73.7 Å². The number of fused-ring (bicyclic) bond motifs is 4. The van der Waals surface area contributed by atoms with Gasteiger partial charge in [0.15, 0.2) is 10.8 Å². The van der Waals surface area contributed by atoms with Crippen molar-refractivity contribution in [1.82, 2.24) is 5.32 Å². The van der Waals surface area contributed by atoms with E-state index in [4.69, 9.17) is 33.3 Å². The second-order valence-electron chi connectivity index (χ2n) is 8.13. The SMILES string of the molecule is COc1ccc(N2C(=S)N[C@H]3c4ccccc4O[C@]2(C)[C@@H]3C(=O)Nc2ccc(Cl)cc2)cc1. The lowest BCUT2D eigenvalue weighted by Gasteiger charge is -2.56. The Bertz CT molecular complexity index is 1220. The van der Waals surface area contributed by atoms with Crippen LogP contribution in [0.15, 0.2) is 72.8 Å². The van der Waals surface area contributed by atoms with Crippen molar-refractivity contribution in [3.63, 3.8) is 0 Å². The Hall–Kier alpha value is -3.29. The first-order valence-electron chi connectivity index (χ1n) is 10.5. The summed E-state index contributed by atoms with van der Waals surface area (Å²) in [5, 5.41) is 7.50. The quantitative estimate of drug-likeness (QED) is 0.505. The molecule has 1 saturated heterocycles. The lowest BCUT2D eigenvalue weighted by Crippen LogP contribution is -2.72. The molecule has 8 heteroatoms. The molecule has 0 saturated carbocycles. The maximum atomic E-state index is 13.7. The van der Waals surface area contributed by atoms with E-state index in [9.17, 15) is 4.79 Å².